The summed E-state index contributed by atoms with van der Waals surface area (Å²) < 4.78 is 1.05. The fourth-order valence-electron chi connectivity index (χ4n) is 1.44. The van der Waals surface area contributed by atoms with Crippen LogP contribution in [-0.4, -0.2) is 19.0 Å². The van der Waals surface area contributed by atoms with Crippen LogP contribution in [-0.2, 0) is 4.79 Å². The van der Waals surface area contributed by atoms with Crippen molar-refractivity contribution < 1.29 is 4.79 Å². The van der Waals surface area contributed by atoms with Gasteiger partial charge in [-0.15, -0.1) is 0 Å². The number of aryl methyl sites for hydroxylation is 1. The van der Waals surface area contributed by atoms with Gasteiger partial charge in [0.05, 0.1) is 0 Å². The number of carbonyl (C=O) groups is 1. The molecule has 2 N–H and O–H groups in total. The van der Waals surface area contributed by atoms with Crippen LogP contribution in [0.25, 0.3) is 0 Å². The Morgan fingerprint density at radius 1 is 1.38 bits per heavy atom. The molecule has 0 radical (unpaired) electrons. The Bertz CT molecular complexity index is 346. The maximum atomic E-state index is 11.2. The van der Waals surface area contributed by atoms with Crippen molar-refractivity contribution in [3.63, 3.8) is 0 Å². The normalized spacial score (nSPS) is 9.94. The lowest BCUT2D eigenvalue weighted by atomic mass is 10.2. The molecule has 1 rings (SSSR count). The number of rotatable bonds is 5. The zero-order valence-corrected chi connectivity index (χ0v) is 11.2. The fraction of sp³-hybridized carbons (Fsp3) is 0.417. The second kappa shape index (κ2) is 6.53. The molecule has 0 saturated carbocycles. The number of hydrogen-bond donors (Lipinski definition) is 2. The summed E-state index contributed by atoms with van der Waals surface area (Å²) in [4.78, 5) is 11.2. The second-order valence-electron chi connectivity index (χ2n) is 3.65. The van der Waals surface area contributed by atoms with Crippen molar-refractivity contribution in [1.29, 1.82) is 0 Å². The van der Waals surface area contributed by atoms with E-state index < -0.39 is 0 Å². The highest BCUT2D eigenvalue weighted by Crippen LogP contribution is 2.18. The minimum Gasteiger partial charge on any atom is -0.384 e. The van der Waals surface area contributed by atoms with E-state index in [9.17, 15) is 4.79 Å². The van der Waals surface area contributed by atoms with Gasteiger partial charge in [0.25, 0.3) is 0 Å². The van der Waals surface area contributed by atoms with Crippen LogP contribution in [0.15, 0.2) is 22.7 Å². The lowest BCUT2D eigenvalue weighted by molar-refractivity contribution is -0.120. The first-order valence-electron chi connectivity index (χ1n) is 5.39. The average molecular weight is 285 g/mol. The number of amides is 1. The van der Waals surface area contributed by atoms with Crippen LogP contribution in [0, 0.1) is 6.92 Å². The van der Waals surface area contributed by atoms with Crippen molar-refractivity contribution >= 4 is 27.5 Å². The van der Waals surface area contributed by atoms with Crippen LogP contribution in [0.1, 0.15) is 18.9 Å². The summed E-state index contributed by atoms with van der Waals surface area (Å²) in [6.45, 7) is 5.30. The molecule has 1 aromatic rings. The van der Waals surface area contributed by atoms with Crippen LogP contribution in [0.3, 0.4) is 0 Å². The summed E-state index contributed by atoms with van der Waals surface area (Å²) >= 11 is 3.44. The summed E-state index contributed by atoms with van der Waals surface area (Å²) in [5, 5.41) is 5.99. The van der Waals surface area contributed by atoms with Crippen molar-refractivity contribution in [1.82, 2.24) is 5.32 Å². The predicted octanol–water partition coefficient (Wildman–Crippen LogP) is 2.70. The van der Waals surface area contributed by atoms with E-state index in [-0.39, 0.29) is 5.91 Å². The molecule has 1 amide bonds. The Balaban J connectivity index is 2.40. The van der Waals surface area contributed by atoms with Crippen molar-refractivity contribution in [2.24, 2.45) is 0 Å². The summed E-state index contributed by atoms with van der Waals surface area (Å²) in [7, 11) is 0. The van der Waals surface area contributed by atoms with Crippen LogP contribution in [0.4, 0.5) is 5.69 Å². The number of carbonyl (C=O) groups excluding carboxylic acids is 1. The zero-order chi connectivity index (χ0) is 12.0. The second-order valence-corrected chi connectivity index (χ2v) is 4.56. The molecule has 0 saturated heterocycles. The van der Waals surface area contributed by atoms with Gasteiger partial charge >= 0.3 is 0 Å². The number of hydrogen-bond acceptors (Lipinski definition) is 2. The molecule has 1 aromatic carbocycles. The lowest BCUT2D eigenvalue weighted by Crippen LogP contribution is -2.24. The SMILES string of the molecule is CCNC(=O)CCNc1cc(C)cc(Br)c1. The van der Waals surface area contributed by atoms with Crippen LogP contribution < -0.4 is 10.6 Å². The Hall–Kier alpha value is -1.03. The summed E-state index contributed by atoms with van der Waals surface area (Å²) in [6, 6.07) is 6.11. The molecule has 0 bridgehead atoms. The summed E-state index contributed by atoms with van der Waals surface area (Å²) in [5.41, 5.74) is 2.23. The van der Waals surface area contributed by atoms with Crippen molar-refractivity contribution in [2.75, 3.05) is 18.4 Å². The van der Waals surface area contributed by atoms with E-state index in [4.69, 9.17) is 0 Å². The van der Waals surface area contributed by atoms with E-state index in [0.717, 1.165) is 10.2 Å². The molecule has 0 aromatic heterocycles. The van der Waals surface area contributed by atoms with Gasteiger partial charge in [0.2, 0.25) is 5.91 Å². The van der Waals surface area contributed by atoms with E-state index in [1.807, 2.05) is 19.9 Å². The van der Waals surface area contributed by atoms with Crippen LogP contribution in [0.2, 0.25) is 0 Å². The number of anilines is 1. The van der Waals surface area contributed by atoms with E-state index in [0.29, 0.717) is 19.5 Å². The largest absolute Gasteiger partial charge is 0.384 e. The molecule has 0 fully saturated rings. The first kappa shape index (κ1) is 13.0. The third kappa shape index (κ3) is 4.66. The monoisotopic (exact) mass is 284 g/mol. The first-order valence-corrected chi connectivity index (χ1v) is 6.19. The maximum absolute atomic E-state index is 11.2. The summed E-state index contributed by atoms with van der Waals surface area (Å²) in [6.07, 6.45) is 0.499. The summed E-state index contributed by atoms with van der Waals surface area (Å²) in [5.74, 6) is 0.0849. The quantitative estimate of drug-likeness (QED) is 0.873. The van der Waals surface area contributed by atoms with Crippen molar-refractivity contribution in [3.05, 3.63) is 28.2 Å². The van der Waals surface area contributed by atoms with Gasteiger partial charge in [-0.1, -0.05) is 15.9 Å². The minimum absolute atomic E-state index is 0.0849. The molecule has 0 aliphatic heterocycles. The smallest absolute Gasteiger partial charge is 0.221 e. The minimum atomic E-state index is 0.0849. The van der Waals surface area contributed by atoms with Crippen molar-refractivity contribution in [3.8, 4) is 0 Å². The first-order chi connectivity index (χ1) is 7.61. The standard InChI is InChI=1S/C12H17BrN2O/c1-3-14-12(16)4-5-15-11-7-9(2)6-10(13)8-11/h6-8,15H,3-5H2,1-2H3,(H,14,16). The molecule has 4 heteroatoms. The third-order valence-electron chi connectivity index (χ3n) is 2.10. The van der Waals surface area contributed by atoms with E-state index >= 15 is 0 Å². The van der Waals surface area contributed by atoms with Gasteiger partial charge in [-0.2, -0.15) is 0 Å². The Morgan fingerprint density at radius 2 is 2.12 bits per heavy atom. The molecular formula is C12H17BrN2O. The highest BCUT2D eigenvalue weighted by molar-refractivity contribution is 9.10. The van der Waals surface area contributed by atoms with Gasteiger partial charge in [-0.05, 0) is 37.6 Å². The molecule has 3 nitrogen and oxygen atoms in total. The van der Waals surface area contributed by atoms with Gasteiger partial charge in [-0.3, -0.25) is 4.79 Å². The Morgan fingerprint density at radius 3 is 2.75 bits per heavy atom. The predicted molar refractivity (Wildman–Crippen MR) is 70.7 cm³/mol. The Labute approximate surface area is 105 Å². The molecule has 16 heavy (non-hydrogen) atoms. The highest BCUT2D eigenvalue weighted by atomic mass is 79.9. The van der Waals surface area contributed by atoms with Crippen molar-refractivity contribution in [2.45, 2.75) is 20.3 Å². The molecule has 0 aliphatic carbocycles. The van der Waals surface area contributed by atoms with Gasteiger partial charge in [0.15, 0.2) is 0 Å². The zero-order valence-electron chi connectivity index (χ0n) is 9.64. The molecule has 0 spiro atoms. The molecule has 0 atom stereocenters. The fourth-order valence-corrected chi connectivity index (χ4v) is 2.05. The molecule has 0 aliphatic rings. The average Bonchev–Trinajstić information content (AvgIpc) is 2.16. The lowest BCUT2D eigenvalue weighted by Gasteiger charge is -2.08. The number of benzene rings is 1. The molecule has 0 unspecified atom stereocenters. The number of halogens is 1. The van der Waals surface area contributed by atoms with E-state index in [1.54, 1.807) is 0 Å². The topological polar surface area (TPSA) is 41.1 Å². The van der Waals surface area contributed by atoms with Gasteiger partial charge in [0.1, 0.15) is 0 Å². The van der Waals surface area contributed by atoms with E-state index in [2.05, 4.69) is 38.7 Å². The number of nitrogens with one attached hydrogen (secondary N) is 2. The third-order valence-corrected chi connectivity index (χ3v) is 2.56. The highest BCUT2D eigenvalue weighted by Gasteiger charge is 2.00. The Kier molecular flexibility index (Phi) is 5.32. The van der Waals surface area contributed by atoms with Gasteiger partial charge in [-0.25, -0.2) is 0 Å². The molecule has 0 heterocycles. The van der Waals surface area contributed by atoms with Crippen LogP contribution in [0.5, 0.6) is 0 Å². The van der Waals surface area contributed by atoms with E-state index in [1.165, 1.54) is 5.56 Å². The molecular weight excluding hydrogens is 268 g/mol. The van der Waals surface area contributed by atoms with Crippen LogP contribution >= 0.6 is 15.9 Å². The maximum Gasteiger partial charge on any atom is 0.221 e. The van der Waals surface area contributed by atoms with Gasteiger partial charge < -0.3 is 10.6 Å². The van der Waals surface area contributed by atoms with Gasteiger partial charge in [0, 0.05) is 29.7 Å². The molecule has 88 valence electrons.